The van der Waals surface area contributed by atoms with Gasteiger partial charge in [-0.05, 0) is 31.0 Å². The lowest BCUT2D eigenvalue weighted by atomic mass is 10.1. The molecule has 3 aromatic rings. The number of halogens is 1. The van der Waals surface area contributed by atoms with E-state index in [0.717, 1.165) is 12.8 Å². The molecule has 1 fully saturated rings. The predicted octanol–water partition coefficient (Wildman–Crippen LogP) is 4.38. The molecule has 0 atom stereocenters. The molecule has 0 spiro atoms. The fourth-order valence-corrected chi connectivity index (χ4v) is 3.85. The van der Waals surface area contributed by atoms with E-state index in [1.807, 2.05) is 0 Å². The molecular formula is C23H24FN3O4. The van der Waals surface area contributed by atoms with E-state index in [-0.39, 0.29) is 5.91 Å². The summed E-state index contributed by atoms with van der Waals surface area (Å²) < 4.78 is 30.4. The van der Waals surface area contributed by atoms with Crippen molar-refractivity contribution in [3.8, 4) is 17.2 Å². The van der Waals surface area contributed by atoms with Crippen molar-refractivity contribution in [1.29, 1.82) is 0 Å². The molecule has 8 heteroatoms. The van der Waals surface area contributed by atoms with Crippen molar-refractivity contribution in [3.63, 3.8) is 0 Å². The number of likely N-dealkylation sites (tertiary alicyclic amines) is 1. The third kappa shape index (κ3) is 3.93. The SMILES string of the molecule is COc1cc(Nc2c(C(=O)N3CCCC3)cnc3ccc(F)cc23)cc(OC)c1OC. The number of ether oxygens (including phenoxy) is 3. The molecule has 0 unspecified atom stereocenters. The van der Waals surface area contributed by atoms with Gasteiger partial charge >= 0.3 is 0 Å². The minimum absolute atomic E-state index is 0.133. The summed E-state index contributed by atoms with van der Waals surface area (Å²) in [6.45, 7) is 1.40. The van der Waals surface area contributed by atoms with Gasteiger partial charge < -0.3 is 24.4 Å². The molecule has 2 aromatic carbocycles. The van der Waals surface area contributed by atoms with Crippen LogP contribution in [-0.4, -0.2) is 50.2 Å². The van der Waals surface area contributed by atoms with Gasteiger partial charge in [0.15, 0.2) is 11.5 Å². The molecule has 0 aliphatic carbocycles. The molecular weight excluding hydrogens is 401 g/mol. The van der Waals surface area contributed by atoms with Gasteiger partial charge in [0, 0.05) is 42.5 Å². The summed E-state index contributed by atoms with van der Waals surface area (Å²) in [5, 5.41) is 3.79. The van der Waals surface area contributed by atoms with Crippen molar-refractivity contribution in [3.05, 3.63) is 47.9 Å². The van der Waals surface area contributed by atoms with E-state index in [0.29, 0.717) is 58.2 Å². The van der Waals surface area contributed by atoms with Crippen molar-refractivity contribution < 1.29 is 23.4 Å². The number of nitrogens with one attached hydrogen (secondary N) is 1. The first-order valence-electron chi connectivity index (χ1n) is 10.00. The average molecular weight is 425 g/mol. The van der Waals surface area contributed by atoms with Crippen molar-refractivity contribution in [2.24, 2.45) is 0 Å². The molecule has 4 rings (SSSR count). The summed E-state index contributed by atoms with van der Waals surface area (Å²) in [5.41, 5.74) is 2.04. The maximum atomic E-state index is 14.1. The molecule has 2 heterocycles. The number of benzene rings is 2. The van der Waals surface area contributed by atoms with E-state index < -0.39 is 5.82 Å². The van der Waals surface area contributed by atoms with E-state index in [1.165, 1.54) is 33.5 Å². The molecule has 1 saturated heterocycles. The highest BCUT2D eigenvalue weighted by Gasteiger charge is 2.24. The lowest BCUT2D eigenvalue weighted by Gasteiger charge is -2.20. The van der Waals surface area contributed by atoms with Crippen LogP contribution in [0.2, 0.25) is 0 Å². The van der Waals surface area contributed by atoms with Crippen LogP contribution in [0.4, 0.5) is 15.8 Å². The number of hydrogen-bond acceptors (Lipinski definition) is 6. The first-order chi connectivity index (χ1) is 15.0. The van der Waals surface area contributed by atoms with Crippen molar-refractivity contribution >= 4 is 28.2 Å². The Balaban J connectivity index is 1.86. The number of amides is 1. The summed E-state index contributed by atoms with van der Waals surface area (Å²) in [5.74, 6) is 0.830. The van der Waals surface area contributed by atoms with Crippen LogP contribution in [0.25, 0.3) is 10.9 Å². The van der Waals surface area contributed by atoms with Crippen molar-refractivity contribution in [2.45, 2.75) is 12.8 Å². The van der Waals surface area contributed by atoms with Gasteiger partial charge in [-0.2, -0.15) is 0 Å². The standard InChI is InChI=1S/C23H24FN3O4/c1-29-19-11-15(12-20(30-2)22(19)31-3)26-21-16-10-14(24)6-7-18(16)25-13-17(21)23(28)27-8-4-5-9-27/h6-7,10-13H,4-5,8-9H2,1-3H3,(H,25,26). The first-order valence-corrected chi connectivity index (χ1v) is 10.00. The molecule has 1 aliphatic rings. The summed E-state index contributed by atoms with van der Waals surface area (Å²) in [6.07, 6.45) is 3.48. The molecule has 1 amide bonds. The van der Waals surface area contributed by atoms with Crippen LogP contribution in [0, 0.1) is 5.82 Å². The number of hydrogen-bond donors (Lipinski definition) is 1. The number of carbonyl (C=O) groups excluding carboxylic acids is 1. The fraction of sp³-hybridized carbons (Fsp3) is 0.304. The van der Waals surface area contributed by atoms with Gasteiger partial charge in [0.05, 0.1) is 38.1 Å². The Morgan fingerprint density at radius 2 is 1.71 bits per heavy atom. The van der Waals surface area contributed by atoms with Crippen LogP contribution in [0.1, 0.15) is 23.2 Å². The molecule has 0 radical (unpaired) electrons. The van der Waals surface area contributed by atoms with E-state index in [4.69, 9.17) is 14.2 Å². The van der Waals surface area contributed by atoms with Crippen LogP contribution in [-0.2, 0) is 0 Å². The number of aromatic nitrogens is 1. The third-order valence-corrected chi connectivity index (χ3v) is 5.39. The van der Waals surface area contributed by atoms with E-state index in [1.54, 1.807) is 29.3 Å². The van der Waals surface area contributed by atoms with Gasteiger partial charge in [0.25, 0.3) is 5.91 Å². The second-order valence-electron chi connectivity index (χ2n) is 7.25. The molecule has 1 aliphatic heterocycles. The number of anilines is 2. The van der Waals surface area contributed by atoms with Crippen molar-refractivity contribution in [1.82, 2.24) is 9.88 Å². The van der Waals surface area contributed by atoms with E-state index in [9.17, 15) is 9.18 Å². The van der Waals surface area contributed by atoms with E-state index in [2.05, 4.69) is 10.3 Å². The van der Waals surface area contributed by atoms with Crippen molar-refractivity contribution in [2.75, 3.05) is 39.7 Å². The maximum absolute atomic E-state index is 14.1. The second kappa shape index (κ2) is 8.67. The quantitative estimate of drug-likeness (QED) is 0.632. The summed E-state index contributed by atoms with van der Waals surface area (Å²) in [4.78, 5) is 19.4. The number of carbonyl (C=O) groups is 1. The highest BCUT2D eigenvalue weighted by molar-refractivity contribution is 6.08. The molecule has 0 saturated carbocycles. The Hall–Kier alpha value is -3.55. The smallest absolute Gasteiger partial charge is 0.257 e. The van der Waals surface area contributed by atoms with Crippen LogP contribution < -0.4 is 19.5 Å². The lowest BCUT2D eigenvalue weighted by molar-refractivity contribution is 0.0793. The monoisotopic (exact) mass is 425 g/mol. The lowest BCUT2D eigenvalue weighted by Crippen LogP contribution is -2.28. The number of rotatable bonds is 6. The zero-order valence-electron chi connectivity index (χ0n) is 17.7. The van der Waals surface area contributed by atoms with Gasteiger partial charge in [-0.25, -0.2) is 4.39 Å². The van der Waals surface area contributed by atoms with Gasteiger partial charge in [-0.3, -0.25) is 9.78 Å². The van der Waals surface area contributed by atoms with Gasteiger partial charge in [-0.15, -0.1) is 0 Å². The minimum atomic E-state index is -0.409. The topological polar surface area (TPSA) is 72.9 Å². The summed E-state index contributed by atoms with van der Waals surface area (Å²) in [7, 11) is 4.58. The fourth-order valence-electron chi connectivity index (χ4n) is 3.85. The molecule has 1 aromatic heterocycles. The maximum Gasteiger partial charge on any atom is 0.257 e. The Morgan fingerprint density at radius 1 is 1.03 bits per heavy atom. The number of fused-ring (bicyclic) bond motifs is 1. The van der Waals surface area contributed by atoms with Crippen LogP contribution in [0.3, 0.4) is 0 Å². The van der Waals surface area contributed by atoms with E-state index >= 15 is 0 Å². The Kier molecular flexibility index (Phi) is 5.79. The normalized spacial score (nSPS) is 13.4. The number of methoxy groups -OCH3 is 3. The predicted molar refractivity (Wildman–Crippen MR) is 116 cm³/mol. The molecule has 162 valence electrons. The Morgan fingerprint density at radius 3 is 2.32 bits per heavy atom. The molecule has 1 N–H and O–H groups in total. The molecule has 31 heavy (non-hydrogen) atoms. The van der Waals surface area contributed by atoms with Crippen LogP contribution in [0.5, 0.6) is 17.2 Å². The Bertz CT molecular complexity index is 1100. The van der Waals surface area contributed by atoms with Gasteiger partial charge in [0.2, 0.25) is 5.75 Å². The highest BCUT2D eigenvalue weighted by Crippen LogP contribution is 2.41. The molecule has 0 bridgehead atoms. The van der Waals surface area contributed by atoms with Gasteiger partial charge in [0.1, 0.15) is 5.82 Å². The zero-order valence-corrected chi connectivity index (χ0v) is 17.7. The summed E-state index contributed by atoms with van der Waals surface area (Å²) >= 11 is 0. The van der Waals surface area contributed by atoms with Gasteiger partial charge in [-0.1, -0.05) is 0 Å². The average Bonchev–Trinajstić information content (AvgIpc) is 3.33. The number of nitrogens with zero attached hydrogens (tertiary/aromatic N) is 2. The van der Waals surface area contributed by atoms with Crippen LogP contribution in [0.15, 0.2) is 36.5 Å². The third-order valence-electron chi connectivity index (χ3n) is 5.39. The Labute approximate surface area is 179 Å². The summed E-state index contributed by atoms with van der Waals surface area (Å²) in [6, 6.07) is 7.78. The molecule has 7 nitrogen and oxygen atoms in total. The second-order valence-corrected chi connectivity index (χ2v) is 7.25. The minimum Gasteiger partial charge on any atom is -0.493 e. The number of pyridine rings is 1. The largest absolute Gasteiger partial charge is 0.493 e. The van der Waals surface area contributed by atoms with Crippen LogP contribution >= 0.6 is 0 Å². The zero-order chi connectivity index (χ0) is 22.0. The highest BCUT2D eigenvalue weighted by atomic mass is 19.1. The first kappa shape index (κ1) is 20.7.